The molecule has 0 aromatic carbocycles. The van der Waals surface area contributed by atoms with Crippen LogP contribution in [0.4, 0.5) is 5.69 Å². The van der Waals surface area contributed by atoms with Gasteiger partial charge in [0.15, 0.2) is 0 Å². The summed E-state index contributed by atoms with van der Waals surface area (Å²) >= 11 is 1.64. The van der Waals surface area contributed by atoms with Crippen molar-refractivity contribution in [3.63, 3.8) is 0 Å². The fourth-order valence-electron chi connectivity index (χ4n) is 2.11. The van der Waals surface area contributed by atoms with Gasteiger partial charge in [-0.15, -0.1) is 0 Å². The van der Waals surface area contributed by atoms with E-state index in [0.717, 1.165) is 12.1 Å². The van der Waals surface area contributed by atoms with Crippen LogP contribution in [0.2, 0.25) is 0 Å². The fourth-order valence-corrected chi connectivity index (χ4v) is 2.74. The van der Waals surface area contributed by atoms with E-state index in [1.54, 1.807) is 11.3 Å². The van der Waals surface area contributed by atoms with Crippen LogP contribution in [0.25, 0.3) is 0 Å². The highest BCUT2D eigenvalue weighted by Crippen LogP contribution is 2.37. The fraction of sp³-hybridized carbons (Fsp3) is 0.300. The Labute approximate surface area is 80.5 Å². The normalized spacial score (nSPS) is 30.5. The van der Waals surface area contributed by atoms with Gasteiger partial charge in [-0.05, 0) is 17.9 Å². The molecule has 3 rings (SSSR count). The van der Waals surface area contributed by atoms with Gasteiger partial charge in [0, 0.05) is 5.38 Å². The number of hydrogen-bond donors (Lipinski definition) is 0. The third kappa shape index (κ3) is 0.907. The average Bonchev–Trinajstić information content (AvgIpc) is 2.76. The quantitative estimate of drug-likeness (QED) is 0.622. The number of hydrogen-bond acceptors (Lipinski definition) is 2. The number of fused-ring (bicyclic) bond motifs is 2. The number of rotatable bonds is 1. The Morgan fingerprint density at radius 1 is 1.46 bits per heavy atom. The zero-order valence-electron chi connectivity index (χ0n) is 7.01. The molecular weight excluding hydrogens is 182 g/mol. The van der Waals surface area contributed by atoms with Crippen LogP contribution in [0.3, 0.4) is 0 Å². The van der Waals surface area contributed by atoms with Gasteiger partial charge in [0.2, 0.25) is 5.91 Å². The maximum absolute atomic E-state index is 11.7. The summed E-state index contributed by atoms with van der Waals surface area (Å²) in [7, 11) is 0. The van der Waals surface area contributed by atoms with Crippen LogP contribution in [-0.2, 0) is 4.79 Å². The third-order valence-corrected chi connectivity index (χ3v) is 3.40. The van der Waals surface area contributed by atoms with Crippen molar-refractivity contribution in [2.75, 3.05) is 4.90 Å². The minimum Gasteiger partial charge on any atom is -0.304 e. The molecule has 2 nitrogen and oxygen atoms in total. The van der Waals surface area contributed by atoms with Crippen LogP contribution in [0.1, 0.15) is 6.42 Å². The highest BCUT2D eigenvalue weighted by atomic mass is 32.1. The molecule has 13 heavy (non-hydrogen) atoms. The smallest absolute Gasteiger partial charge is 0.234 e. The molecule has 2 heterocycles. The summed E-state index contributed by atoms with van der Waals surface area (Å²) in [5.74, 6) is 0.427. The second-order valence-corrected chi connectivity index (χ2v) is 4.26. The lowest BCUT2D eigenvalue weighted by atomic mass is 10.1. The van der Waals surface area contributed by atoms with E-state index in [1.165, 1.54) is 0 Å². The SMILES string of the molecule is O=C1C2C=CC(C2)N1c1ccsc1. The number of amides is 1. The van der Waals surface area contributed by atoms with E-state index >= 15 is 0 Å². The lowest BCUT2D eigenvalue weighted by Gasteiger charge is -2.22. The summed E-state index contributed by atoms with van der Waals surface area (Å²) in [4.78, 5) is 13.7. The Bertz CT molecular complexity index is 368. The van der Waals surface area contributed by atoms with Crippen LogP contribution in [-0.4, -0.2) is 11.9 Å². The van der Waals surface area contributed by atoms with Crippen molar-refractivity contribution in [3.8, 4) is 0 Å². The van der Waals surface area contributed by atoms with Crippen LogP contribution >= 0.6 is 11.3 Å². The van der Waals surface area contributed by atoms with Gasteiger partial charge in [-0.1, -0.05) is 12.2 Å². The van der Waals surface area contributed by atoms with E-state index in [9.17, 15) is 4.79 Å². The standard InChI is InChI=1S/C10H9NOS/c12-10-7-1-2-8(5-7)11(10)9-3-4-13-6-9/h1-4,6-8H,5H2. The minimum absolute atomic E-state index is 0.157. The molecule has 0 spiro atoms. The van der Waals surface area contributed by atoms with Crippen LogP contribution in [0.15, 0.2) is 29.0 Å². The number of nitrogens with zero attached hydrogens (tertiary/aromatic N) is 1. The average molecular weight is 191 g/mol. The molecule has 0 N–H and O–H groups in total. The lowest BCUT2D eigenvalue weighted by molar-refractivity contribution is -0.119. The van der Waals surface area contributed by atoms with Crippen molar-refractivity contribution in [1.29, 1.82) is 0 Å². The molecule has 1 fully saturated rings. The molecule has 2 bridgehead atoms. The molecule has 3 heteroatoms. The number of thiophene rings is 1. The second-order valence-electron chi connectivity index (χ2n) is 3.48. The highest BCUT2D eigenvalue weighted by molar-refractivity contribution is 7.08. The van der Waals surface area contributed by atoms with Gasteiger partial charge >= 0.3 is 0 Å². The highest BCUT2D eigenvalue weighted by Gasteiger charge is 2.41. The summed E-state index contributed by atoms with van der Waals surface area (Å²) in [6.45, 7) is 0. The molecule has 66 valence electrons. The van der Waals surface area contributed by atoms with Gasteiger partial charge in [-0.2, -0.15) is 11.3 Å². The molecule has 2 aliphatic rings. The molecule has 1 amide bonds. The van der Waals surface area contributed by atoms with Crippen molar-refractivity contribution in [2.24, 2.45) is 5.92 Å². The molecule has 1 saturated heterocycles. The van der Waals surface area contributed by atoms with Crippen molar-refractivity contribution in [2.45, 2.75) is 12.5 Å². The molecule has 0 saturated carbocycles. The zero-order valence-corrected chi connectivity index (χ0v) is 7.83. The molecule has 2 atom stereocenters. The van der Waals surface area contributed by atoms with Crippen molar-refractivity contribution in [3.05, 3.63) is 29.0 Å². The largest absolute Gasteiger partial charge is 0.304 e. The summed E-state index contributed by atoms with van der Waals surface area (Å²) in [5, 5.41) is 4.05. The molecule has 1 aromatic heterocycles. The van der Waals surface area contributed by atoms with Crippen molar-refractivity contribution >= 4 is 22.9 Å². The summed E-state index contributed by atoms with van der Waals surface area (Å²) < 4.78 is 0. The Balaban J connectivity index is 2.02. The Morgan fingerprint density at radius 2 is 2.38 bits per heavy atom. The molecule has 1 aromatic rings. The van der Waals surface area contributed by atoms with E-state index in [4.69, 9.17) is 0 Å². The van der Waals surface area contributed by atoms with E-state index in [2.05, 4.69) is 6.08 Å². The van der Waals surface area contributed by atoms with Gasteiger partial charge in [0.1, 0.15) is 0 Å². The summed E-state index contributed by atoms with van der Waals surface area (Å²) in [5.41, 5.74) is 1.06. The van der Waals surface area contributed by atoms with Crippen LogP contribution < -0.4 is 4.90 Å². The van der Waals surface area contributed by atoms with Gasteiger partial charge < -0.3 is 4.90 Å². The number of carbonyl (C=O) groups is 1. The molecule has 0 radical (unpaired) electrons. The monoisotopic (exact) mass is 191 g/mol. The molecule has 1 aliphatic carbocycles. The summed E-state index contributed by atoms with van der Waals surface area (Å²) in [6, 6.07) is 2.34. The van der Waals surface area contributed by atoms with Gasteiger partial charge in [-0.3, -0.25) is 4.79 Å². The van der Waals surface area contributed by atoms with Crippen LogP contribution in [0.5, 0.6) is 0 Å². The molecular formula is C10H9NOS. The van der Waals surface area contributed by atoms with Gasteiger partial charge in [-0.25, -0.2) is 0 Å². The predicted molar refractivity (Wildman–Crippen MR) is 52.8 cm³/mol. The van der Waals surface area contributed by atoms with Crippen molar-refractivity contribution < 1.29 is 4.79 Å². The lowest BCUT2D eigenvalue weighted by Crippen LogP contribution is -2.34. The minimum atomic E-state index is 0.157. The second kappa shape index (κ2) is 2.45. The first kappa shape index (κ1) is 7.33. The predicted octanol–water partition coefficient (Wildman–Crippen LogP) is 2.04. The maximum Gasteiger partial charge on any atom is 0.234 e. The molecule has 1 aliphatic heterocycles. The number of carbonyl (C=O) groups excluding carboxylic acids is 1. The summed E-state index contributed by atoms with van der Waals surface area (Å²) in [6.07, 6.45) is 5.16. The molecule has 2 unspecified atom stereocenters. The Morgan fingerprint density at radius 3 is 3.00 bits per heavy atom. The number of anilines is 1. The van der Waals surface area contributed by atoms with E-state index in [1.807, 2.05) is 27.8 Å². The van der Waals surface area contributed by atoms with E-state index in [0.29, 0.717) is 6.04 Å². The van der Waals surface area contributed by atoms with Crippen molar-refractivity contribution in [1.82, 2.24) is 0 Å². The topological polar surface area (TPSA) is 20.3 Å². The van der Waals surface area contributed by atoms with E-state index in [-0.39, 0.29) is 11.8 Å². The first-order chi connectivity index (χ1) is 6.36. The Hall–Kier alpha value is -1.09. The maximum atomic E-state index is 11.7. The Kier molecular flexibility index (Phi) is 1.38. The van der Waals surface area contributed by atoms with Gasteiger partial charge in [0.25, 0.3) is 0 Å². The zero-order chi connectivity index (χ0) is 8.84. The van der Waals surface area contributed by atoms with Crippen LogP contribution in [0, 0.1) is 5.92 Å². The third-order valence-electron chi connectivity index (χ3n) is 2.73. The van der Waals surface area contributed by atoms with Gasteiger partial charge in [0.05, 0.1) is 17.6 Å². The van der Waals surface area contributed by atoms with E-state index < -0.39 is 0 Å². The first-order valence-corrected chi connectivity index (χ1v) is 5.34. The first-order valence-electron chi connectivity index (χ1n) is 4.40.